The minimum Gasteiger partial charge on any atom is -0.275 e. The van der Waals surface area contributed by atoms with Gasteiger partial charge in [-0.05, 0) is 33.6 Å². The van der Waals surface area contributed by atoms with Crippen molar-refractivity contribution in [1.29, 1.82) is 0 Å². The van der Waals surface area contributed by atoms with E-state index < -0.39 is 0 Å². The number of hydrogen-bond donors (Lipinski definition) is 2. The van der Waals surface area contributed by atoms with Gasteiger partial charge in [-0.15, -0.1) is 0 Å². The minimum absolute atomic E-state index is 0.328. The third kappa shape index (κ3) is 3.56. The van der Waals surface area contributed by atoms with Crippen molar-refractivity contribution in [3.8, 4) is 0 Å². The minimum atomic E-state index is -0.338. The summed E-state index contributed by atoms with van der Waals surface area (Å²) >= 11 is 14.8. The first-order valence-electron chi connectivity index (χ1n) is 5.05. The smallest absolute Gasteiger partial charge is 0.275 e. The normalized spacial score (nSPS) is 10.9. The number of H-pyrrole nitrogens is 1. The third-order valence-corrected chi connectivity index (χ3v) is 3.66. The fourth-order valence-corrected chi connectivity index (χ4v) is 1.82. The Balaban J connectivity index is 2.13. The number of nitrogens with one attached hydrogen (secondary N) is 2. The van der Waals surface area contributed by atoms with E-state index in [-0.39, 0.29) is 5.56 Å². The van der Waals surface area contributed by atoms with Crippen LogP contribution in [0.15, 0.2) is 38.8 Å². The fourth-order valence-electron chi connectivity index (χ4n) is 1.23. The molecule has 8 heteroatoms. The summed E-state index contributed by atoms with van der Waals surface area (Å²) in [4.78, 5) is 11.3. The van der Waals surface area contributed by atoms with Gasteiger partial charge >= 0.3 is 0 Å². The molecule has 0 bridgehead atoms. The molecule has 2 N–H and O–H groups in total. The van der Waals surface area contributed by atoms with E-state index in [0.717, 1.165) is 5.56 Å². The summed E-state index contributed by atoms with van der Waals surface area (Å²) in [5, 5.41) is 10.9. The zero-order chi connectivity index (χ0) is 13.8. The second kappa shape index (κ2) is 6.18. The average Bonchev–Trinajstić information content (AvgIpc) is 2.39. The molecule has 0 aliphatic heterocycles. The molecule has 0 radical (unpaired) electrons. The van der Waals surface area contributed by atoms with Crippen molar-refractivity contribution in [2.45, 2.75) is 0 Å². The van der Waals surface area contributed by atoms with Crippen LogP contribution in [0.25, 0.3) is 0 Å². The summed E-state index contributed by atoms with van der Waals surface area (Å²) in [5.74, 6) is 0. The number of anilines is 1. The highest BCUT2D eigenvalue weighted by Gasteiger charge is 2.02. The fraction of sp³-hybridized carbons (Fsp3) is 0. The van der Waals surface area contributed by atoms with Crippen LogP contribution < -0.4 is 11.0 Å². The van der Waals surface area contributed by atoms with Crippen molar-refractivity contribution in [3.05, 3.63) is 54.8 Å². The van der Waals surface area contributed by atoms with E-state index in [0.29, 0.717) is 20.2 Å². The Labute approximate surface area is 126 Å². The lowest BCUT2D eigenvalue weighted by atomic mass is 10.2. The lowest BCUT2D eigenvalue weighted by Crippen LogP contribution is -2.10. The molecule has 1 heterocycles. The average molecular weight is 362 g/mol. The molecule has 0 aliphatic rings. The maximum absolute atomic E-state index is 11.3. The van der Waals surface area contributed by atoms with Crippen molar-refractivity contribution in [2.75, 3.05) is 5.43 Å². The Hall–Kier alpha value is -1.37. The maximum atomic E-state index is 11.3. The molecule has 0 atom stereocenters. The molecule has 0 spiro atoms. The third-order valence-electron chi connectivity index (χ3n) is 2.14. The van der Waals surface area contributed by atoms with Gasteiger partial charge in [0.25, 0.3) is 5.56 Å². The first-order chi connectivity index (χ1) is 9.08. The number of rotatable bonds is 3. The van der Waals surface area contributed by atoms with Crippen LogP contribution in [0.1, 0.15) is 5.56 Å². The number of benzene rings is 1. The first-order valence-corrected chi connectivity index (χ1v) is 6.60. The number of hydrogen-bond acceptors (Lipinski definition) is 4. The maximum Gasteiger partial charge on any atom is 0.280 e. The molecular formula is C11H7BrCl2N4O. The Kier molecular flexibility index (Phi) is 4.57. The predicted molar refractivity (Wildman–Crippen MR) is 80.2 cm³/mol. The first kappa shape index (κ1) is 14.0. The molecule has 0 saturated carbocycles. The lowest BCUT2D eigenvalue weighted by Gasteiger charge is -2.01. The molecule has 2 rings (SSSR count). The second-order valence-electron chi connectivity index (χ2n) is 3.47. The number of halogens is 3. The number of aromatic nitrogens is 2. The van der Waals surface area contributed by atoms with E-state index >= 15 is 0 Å². The van der Waals surface area contributed by atoms with Gasteiger partial charge in [-0.2, -0.15) is 10.2 Å². The zero-order valence-electron chi connectivity index (χ0n) is 9.32. The van der Waals surface area contributed by atoms with E-state index in [4.69, 9.17) is 23.2 Å². The van der Waals surface area contributed by atoms with Crippen molar-refractivity contribution >= 4 is 51.0 Å². The van der Waals surface area contributed by atoms with Crippen molar-refractivity contribution < 1.29 is 0 Å². The molecule has 19 heavy (non-hydrogen) atoms. The Bertz CT molecular complexity index is 687. The van der Waals surface area contributed by atoms with E-state index in [9.17, 15) is 4.79 Å². The summed E-state index contributed by atoms with van der Waals surface area (Å²) in [6.07, 6.45) is 2.99. The number of nitrogens with zero attached hydrogens (tertiary/aromatic N) is 2. The molecule has 98 valence electrons. The van der Waals surface area contributed by atoms with Crippen LogP contribution in [0, 0.1) is 0 Å². The topological polar surface area (TPSA) is 70.1 Å². The van der Waals surface area contributed by atoms with Crippen molar-refractivity contribution in [2.24, 2.45) is 5.10 Å². The van der Waals surface area contributed by atoms with E-state index in [1.807, 2.05) is 0 Å². The van der Waals surface area contributed by atoms with Gasteiger partial charge in [0.2, 0.25) is 0 Å². The summed E-state index contributed by atoms with van der Waals surface area (Å²) < 4.78 is 0.328. The van der Waals surface area contributed by atoms with E-state index in [1.165, 1.54) is 6.20 Å². The standard InChI is InChI=1S/C11H7BrCl2N4O/c12-10-9(5-16-18-11(10)19)17-15-4-6-1-2-7(13)8(14)3-6/h1-5H,(H2,17,18,19)/b15-4-. The lowest BCUT2D eigenvalue weighted by molar-refractivity contribution is 0.977. The van der Waals surface area contributed by atoms with Crippen molar-refractivity contribution in [3.63, 3.8) is 0 Å². The zero-order valence-corrected chi connectivity index (χ0v) is 12.4. The molecule has 1 aromatic carbocycles. The van der Waals surface area contributed by atoms with Crippen LogP contribution in [0.5, 0.6) is 0 Å². The van der Waals surface area contributed by atoms with Gasteiger partial charge in [-0.1, -0.05) is 29.3 Å². The van der Waals surface area contributed by atoms with E-state index in [2.05, 4.69) is 36.7 Å². The summed E-state index contributed by atoms with van der Waals surface area (Å²) in [7, 11) is 0. The molecule has 5 nitrogen and oxygen atoms in total. The summed E-state index contributed by atoms with van der Waals surface area (Å²) in [6, 6.07) is 5.13. The largest absolute Gasteiger partial charge is 0.280 e. The summed E-state index contributed by atoms with van der Waals surface area (Å²) in [5.41, 5.74) is 3.59. The highest BCUT2D eigenvalue weighted by molar-refractivity contribution is 9.10. The highest BCUT2D eigenvalue weighted by atomic mass is 79.9. The van der Waals surface area contributed by atoms with Gasteiger partial charge < -0.3 is 0 Å². The van der Waals surface area contributed by atoms with Gasteiger partial charge in [0.1, 0.15) is 4.47 Å². The predicted octanol–water partition coefficient (Wildman–Crippen LogP) is 3.29. The molecule has 2 aromatic rings. The Morgan fingerprint density at radius 2 is 2.16 bits per heavy atom. The quantitative estimate of drug-likeness (QED) is 0.651. The Morgan fingerprint density at radius 3 is 2.89 bits per heavy atom. The SMILES string of the molecule is O=c1[nH]ncc(N/N=C\c2ccc(Cl)c(Cl)c2)c1Br. The molecule has 0 aliphatic carbocycles. The second-order valence-corrected chi connectivity index (χ2v) is 5.08. The Morgan fingerprint density at radius 1 is 1.37 bits per heavy atom. The van der Waals surface area contributed by atoms with Crippen LogP contribution in [-0.4, -0.2) is 16.4 Å². The molecule has 1 aromatic heterocycles. The molecule has 0 amide bonds. The van der Waals surface area contributed by atoms with E-state index in [1.54, 1.807) is 24.4 Å². The molecule has 0 unspecified atom stereocenters. The van der Waals surface area contributed by atoms with Crippen LogP contribution >= 0.6 is 39.1 Å². The van der Waals surface area contributed by atoms with Crippen molar-refractivity contribution in [1.82, 2.24) is 10.2 Å². The summed E-state index contributed by atoms with van der Waals surface area (Å²) in [6.45, 7) is 0. The van der Waals surface area contributed by atoms with Gasteiger partial charge in [-0.25, -0.2) is 5.10 Å². The van der Waals surface area contributed by atoms with Gasteiger partial charge in [0.15, 0.2) is 0 Å². The van der Waals surface area contributed by atoms with Crippen LogP contribution in [-0.2, 0) is 0 Å². The van der Waals surface area contributed by atoms with Gasteiger partial charge in [-0.3, -0.25) is 10.2 Å². The van der Waals surface area contributed by atoms with Crippen LogP contribution in [0.2, 0.25) is 10.0 Å². The molecule has 0 saturated heterocycles. The van der Waals surface area contributed by atoms with Gasteiger partial charge in [0, 0.05) is 0 Å². The monoisotopic (exact) mass is 360 g/mol. The molecule has 0 fully saturated rings. The highest BCUT2D eigenvalue weighted by Crippen LogP contribution is 2.22. The van der Waals surface area contributed by atoms with Gasteiger partial charge in [0.05, 0.1) is 28.1 Å². The van der Waals surface area contributed by atoms with Crippen LogP contribution in [0.4, 0.5) is 5.69 Å². The van der Waals surface area contributed by atoms with Crippen LogP contribution in [0.3, 0.4) is 0 Å². The number of aromatic amines is 1. The number of hydrazone groups is 1. The molecular weight excluding hydrogens is 355 g/mol.